The first-order chi connectivity index (χ1) is 10.2. The molecule has 0 spiro atoms. The highest BCUT2D eigenvalue weighted by Gasteiger charge is 2.15. The first-order valence-corrected chi connectivity index (χ1v) is 7.82. The van der Waals surface area contributed by atoms with Gasteiger partial charge in [-0.05, 0) is 35.6 Å². The van der Waals surface area contributed by atoms with E-state index in [2.05, 4.69) is 16.5 Å². The van der Waals surface area contributed by atoms with Crippen molar-refractivity contribution in [3.05, 3.63) is 52.0 Å². The summed E-state index contributed by atoms with van der Waals surface area (Å²) in [5.41, 5.74) is 2.87. The van der Waals surface area contributed by atoms with Crippen molar-refractivity contribution in [2.75, 3.05) is 0 Å². The average molecular weight is 300 g/mol. The summed E-state index contributed by atoms with van der Waals surface area (Å²) in [7, 11) is 0. The number of hydrogen-bond acceptors (Lipinski definition) is 3. The van der Waals surface area contributed by atoms with Crippen LogP contribution >= 0.6 is 11.3 Å². The smallest absolute Gasteiger partial charge is 0.346 e. The highest BCUT2D eigenvalue weighted by Crippen LogP contribution is 2.23. The summed E-state index contributed by atoms with van der Waals surface area (Å²) in [5, 5.41) is 11.1. The van der Waals surface area contributed by atoms with Crippen LogP contribution in [0.1, 0.15) is 34.4 Å². The van der Waals surface area contributed by atoms with Crippen LogP contribution in [0.5, 0.6) is 0 Å². The molecule has 0 saturated heterocycles. The average Bonchev–Trinajstić information content (AvgIpc) is 3.06. The third-order valence-electron chi connectivity index (χ3n) is 3.48. The van der Waals surface area contributed by atoms with E-state index in [0.717, 1.165) is 35.3 Å². The maximum atomic E-state index is 11.3. The van der Waals surface area contributed by atoms with Crippen molar-refractivity contribution in [2.24, 2.45) is 0 Å². The van der Waals surface area contributed by atoms with Crippen molar-refractivity contribution < 1.29 is 9.90 Å². The van der Waals surface area contributed by atoms with Crippen molar-refractivity contribution in [3.63, 3.8) is 0 Å². The fourth-order valence-electron chi connectivity index (χ4n) is 2.53. The Morgan fingerprint density at radius 2 is 2.14 bits per heavy atom. The predicted molar refractivity (Wildman–Crippen MR) is 84.1 cm³/mol. The minimum atomic E-state index is -0.860. The molecular weight excluding hydrogens is 284 g/mol. The molecule has 0 unspecified atom stereocenters. The Morgan fingerprint density at radius 3 is 2.90 bits per heavy atom. The van der Waals surface area contributed by atoms with E-state index in [9.17, 15) is 9.90 Å². The Labute approximate surface area is 126 Å². The van der Waals surface area contributed by atoms with Gasteiger partial charge < -0.3 is 9.67 Å². The van der Waals surface area contributed by atoms with Crippen molar-refractivity contribution in [2.45, 2.75) is 26.3 Å². The molecule has 0 aliphatic carbocycles. The van der Waals surface area contributed by atoms with Crippen molar-refractivity contribution in [1.29, 1.82) is 0 Å². The molecule has 0 aliphatic rings. The van der Waals surface area contributed by atoms with Crippen molar-refractivity contribution >= 4 is 28.3 Å². The second-order valence-corrected chi connectivity index (χ2v) is 5.85. The molecule has 0 radical (unpaired) electrons. The lowest BCUT2D eigenvalue weighted by atomic mass is 10.2. The van der Waals surface area contributed by atoms with Crippen LogP contribution in [0, 0.1) is 0 Å². The molecule has 3 rings (SSSR count). The zero-order valence-electron chi connectivity index (χ0n) is 11.7. The maximum Gasteiger partial charge on any atom is 0.346 e. The molecule has 0 aliphatic heterocycles. The summed E-state index contributed by atoms with van der Waals surface area (Å²) in [5.74, 6) is 0.155. The zero-order valence-corrected chi connectivity index (χ0v) is 12.6. The Hall–Kier alpha value is -2.14. The fraction of sp³-hybridized carbons (Fsp3) is 0.250. The number of aromatic carboxylic acids is 1. The molecule has 21 heavy (non-hydrogen) atoms. The molecular formula is C16H16N2O2S. The third kappa shape index (κ3) is 2.56. The lowest BCUT2D eigenvalue weighted by Crippen LogP contribution is -2.07. The summed E-state index contributed by atoms with van der Waals surface area (Å²) in [6, 6.07) is 9.88. The van der Waals surface area contributed by atoms with Crippen LogP contribution in [-0.2, 0) is 13.0 Å². The van der Waals surface area contributed by atoms with Gasteiger partial charge in [0.25, 0.3) is 0 Å². The van der Waals surface area contributed by atoms with Crippen LogP contribution in [0.25, 0.3) is 11.0 Å². The third-order valence-corrected chi connectivity index (χ3v) is 4.42. The number of carboxylic acid groups (broad SMARTS) is 1. The van der Waals surface area contributed by atoms with Gasteiger partial charge in [-0.1, -0.05) is 19.1 Å². The van der Waals surface area contributed by atoms with Crippen LogP contribution in [0.4, 0.5) is 0 Å². The minimum Gasteiger partial charge on any atom is -0.477 e. The van der Waals surface area contributed by atoms with Gasteiger partial charge in [-0.2, -0.15) is 0 Å². The van der Waals surface area contributed by atoms with Gasteiger partial charge in [0, 0.05) is 6.42 Å². The van der Waals surface area contributed by atoms with E-state index in [-0.39, 0.29) is 0 Å². The number of carboxylic acids is 1. The number of para-hydroxylation sites is 2. The summed E-state index contributed by atoms with van der Waals surface area (Å²) in [6.07, 6.45) is 1.90. The molecule has 0 bridgehead atoms. The van der Waals surface area contributed by atoms with Gasteiger partial charge in [0.15, 0.2) is 0 Å². The quantitative estimate of drug-likeness (QED) is 0.780. The molecule has 0 atom stereocenters. The van der Waals surface area contributed by atoms with Crippen LogP contribution in [0.3, 0.4) is 0 Å². The maximum absolute atomic E-state index is 11.3. The van der Waals surface area contributed by atoms with Crippen molar-refractivity contribution in [1.82, 2.24) is 9.55 Å². The van der Waals surface area contributed by atoms with E-state index in [1.165, 1.54) is 11.3 Å². The number of hydrogen-bond donors (Lipinski definition) is 1. The van der Waals surface area contributed by atoms with Crippen LogP contribution in [-0.4, -0.2) is 20.6 Å². The molecule has 108 valence electrons. The van der Waals surface area contributed by atoms with Gasteiger partial charge in [-0.3, -0.25) is 0 Å². The summed E-state index contributed by atoms with van der Waals surface area (Å²) in [4.78, 5) is 16.4. The highest BCUT2D eigenvalue weighted by atomic mass is 32.1. The second kappa shape index (κ2) is 5.69. The minimum absolute atomic E-state index is 0.412. The SMILES string of the molecule is CCCc1nc2ccccc2n1Cc1ccsc1C(=O)O. The Kier molecular flexibility index (Phi) is 3.75. The van der Waals surface area contributed by atoms with E-state index >= 15 is 0 Å². The summed E-state index contributed by atoms with van der Waals surface area (Å²) in [6.45, 7) is 2.68. The van der Waals surface area contributed by atoms with Crippen LogP contribution in [0.2, 0.25) is 0 Å². The highest BCUT2D eigenvalue weighted by molar-refractivity contribution is 7.12. The van der Waals surface area contributed by atoms with Crippen LogP contribution < -0.4 is 0 Å². The van der Waals surface area contributed by atoms with E-state index in [1.54, 1.807) is 0 Å². The van der Waals surface area contributed by atoms with Gasteiger partial charge in [0.05, 0.1) is 17.6 Å². The van der Waals surface area contributed by atoms with Gasteiger partial charge in [0.1, 0.15) is 10.7 Å². The van der Waals surface area contributed by atoms with Crippen LogP contribution in [0.15, 0.2) is 35.7 Å². The number of aromatic nitrogens is 2. The Balaban J connectivity index is 2.08. The lowest BCUT2D eigenvalue weighted by molar-refractivity contribution is 0.0701. The monoisotopic (exact) mass is 300 g/mol. The van der Waals surface area contributed by atoms with E-state index in [0.29, 0.717) is 11.4 Å². The molecule has 0 saturated carbocycles. The largest absolute Gasteiger partial charge is 0.477 e. The van der Waals surface area contributed by atoms with E-state index < -0.39 is 5.97 Å². The van der Waals surface area contributed by atoms with Gasteiger partial charge >= 0.3 is 5.97 Å². The summed E-state index contributed by atoms with van der Waals surface area (Å²) < 4.78 is 2.13. The van der Waals surface area contributed by atoms with Crippen molar-refractivity contribution in [3.8, 4) is 0 Å². The lowest BCUT2D eigenvalue weighted by Gasteiger charge is -2.08. The van der Waals surface area contributed by atoms with Gasteiger partial charge in [-0.15, -0.1) is 11.3 Å². The van der Waals surface area contributed by atoms with E-state index in [4.69, 9.17) is 0 Å². The molecule has 2 aromatic heterocycles. The molecule has 0 fully saturated rings. The molecule has 0 amide bonds. The standard InChI is InChI=1S/C16H16N2O2S/c1-2-5-14-17-12-6-3-4-7-13(12)18(14)10-11-8-9-21-15(11)16(19)20/h3-4,6-9H,2,5,10H2,1H3,(H,19,20). The first kappa shape index (κ1) is 13.8. The number of benzene rings is 1. The number of aryl methyl sites for hydroxylation is 1. The number of fused-ring (bicyclic) bond motifs is 1. The number of thiophene rings is 1. The number of carbonyl (C=O) groups is 1. The Morgan fingerprint density at radius 1 is 1.33 bits per heavy atom. The summed E-state index contributed by atoms with van der Waals surface area (Å²) >= 11 is 1.27. The number of imidazole rings is 1. The molecule has 1 N–H and O–H groups in total. The predicted octanol–water partition coefficient (Wildman–Crippen LogP) is 3.80. The molecule has 1 aromatic carbocycles. The fourth-order valence-corrected chi connectivity index (χ4v) is 3.29. The number of nitrogens with zero attached hydrogens (tertiary/aromatic N) is 2. The zero-order chi connectivity index (χ0) is 14.8. The van der Waals surface area contributed by atoms with E-state index in [1.807, 2.05) is 35.7 Å². The van der Waals surface area contributed by atoms with Gasteiger partial charge in [0.2, 0.25) is 0 Å². The normalized spacial score (nSPS) is 11.1. The van der Waals surface area contributed by atoms with Gasteiger partial charge in [-0.25, -0.2) is 9.78 Å². The molecule has 5 heteroatoms. The number of rotatable bonds is 5. The molecule has 2 heterocycles. The molecule has 4 nitrogen and oxygen atoms in total. The second-order valence-electron chi connectivity index (χ2n) is 4.93. The first-order valence-electron chi connectivity index (χ1n) is 6.94. The topological polar surface area (TPSA) is 55.1 Å². The Bertz CT molecular complexity index is 789. The molecule has 3 aromatic rings.